The number of ether oxygens (including phenoxy) is 3. The second kappa shape index (κ2) is 14.9. The number of nitrogens with zero attached hydrogens (tertiary/aromatic N) is 5. The normalized spacial score (nSPS) is 17.3. The summed E-state index contributed by atoms with van der Waals surface area (Å²) in [6, 6.07) is 16.4. The first-order chi connectivity index (χ1) is 29.3. The highest BCUT2D eigenvalue weighted by atomic mass is 16.6. The maximum Gasteiger partial charge on any atom is 0.411 e. The Morgan fingerprint density at radius 1 is 0.967 bits per heavy atom. The second-order valence-electron chi connectivity index (χ2n) is 16.0. The van der Waals surface area contributed by atoms with Crippen molar-refractivity contribution in [3.8, 4) is 51.5 Å². The number of phenolic OH excluding ortho intramolecular Hbond substituents is 3. The van der Waals surface area contributed by atoms with Crippen LogP contribution in [0.15, 0.2) is 70.3 Å². The van der Waals surface area contributed by atoms with Gasteiger partial charge < -0.3 is 39.0 Å². The molecule has 61 heavy (non-hydrogen) atoms. The van der Waals surface area contributed by atoms with Crippen LogP contribution < -0.4 is 16.0 Å². The summed E-state index contributed by atoms with van der Waals surface area (Å²) in [5.41, 5.74) is 2.79. The summed E-state index contributed by atoms with van der Waals surface area (Å²) in [6.45, 7) is 8.10. The Morgan fingerprint density at radius 2 is 1.72 bits per heavy atom. The Kier molecular flexibility index (Phi) is 9.59. The molecule has 3 aromatic carbocycles. The van der Waals surface area contributed by atoms with E-state index in [2.05, 4.69) is 10.2 Å². The molecule has 6 aromatic rings. The molecule has 0 bridgehead atoms. The minimum atomic E-state index is -1.86. The van der Waals surface area contributed by atoms with E-state index < -0.39 is 23.4 Å². The van der Waals surface area contributed by atoms with Gasteiger partial charge in [-0.15, -0.1) is 0 Å². The van der Waals surface area contributed by atoms with Crippen molar-refractivity contribution in [3.63, 3.8) is 0 Å². The summed E-state index contributed by atoms with van der Waals surface area (Å²) in [5.74, 6) is -0.240. The molecule has 16 nitrogen and oxygen atoms in total. The van der Waals surface area contributed by atoms with Crippen molar-refractivity contribution in [3.05, 3.63) is 109 Å². The Labute approximate surface area is 348 Å². The number of carbonyl (C=O) groups is 2. The third-order valence-electron chi connectivity index (χ3n) is 12.2. The number of piperidine rings is 1. The van der Waals surface area contributed by atoms with E-state index in [1.807, 2.05) is 20.8 Å². The van der Waals surface area contributed by atoms with Crippen LogP contribution in [0, 0.1) is 0 Å². The molecule has 314 valence electrons. The maximum absolute atomic E-state index is 14.1. The molecule has 1 amide bonds. The number of aryl methyl sites for hydroxylation is 1. The van der Waals surface area contributed by atoms with Crippen LogP contribution in [0.3, 0.4) is 0 Å². The lowest BCUT2D eigenvalue weighted by molar-refractivity contribution is -0.173. The van der Waals surface area contributed by atoms with Crippen molar-refractivity contribution in [2.45, 2.75) is 84.2 Å². The lowest BCUT2D eigenvalue weighted by Gasteiger charge is -2.38. The Balaban J connectivity index is 0.911. The van der Waals surface area contributed by atoms with Crippen molar-refractivity contribution in [2.24, 2.45) is 0 Å². The number of fused-ring (bicyclic) bond motifs is 5. The first-order valence-electron chi connectivity index (χ1n) is 20.4. The number of aromatic hydroxyl groups is 3. The minimum absolute atomic E-state index is 0.0298. The highest BCUT2D eigenvalue weighted by molar-refractivity contribution is 5.90. The van der Waals surface area contributed by atoms with Crippen LogP contribution in [0.2, 0.25) is 0 Å². The zero-order valence-electron chi connectivity index (χ0n) is 34.0. The summed E-state index contributed by atoms with van der Waals surface area (Å²) in [7, 11) is 0. The van der Waals surface area contributed by atoms with Crippen molar-refractivity contribution < 1.29 is 39.1 Å². The van der Waals surface area contributed by atoms with E-state index in [1.54, 1.807) is 66.1 Å². The first-order valence-corrected chi connectivity index (χ1v) is 20.4. The fourth-order valence-corrected chi connectivity index (χ4v) is 8.90. The van der Waals surface area contributed by atoms with Gasteiger partial charge in [-0.05, 0) is 84.5 Å². The fraction of sp³-hybridized carbons (Fsp3) is 0.333. The summed E-state index contributed by atoms with van der Waals surface area (Å²) >= 11 is 0. The monoisotopic (exact) mass is 828 g/mol. The molecule has 16 heteroatoms. The van der Waals surface area contributed by atoms with Gasteiger partial charge in [0.15, 0.2) is 5.82 Å². The molecule has 0 unspecified atom stereocenters. The Morgan fingerprint density at radius 3 is 2.43 bits per heavy atom. The topological polar surface area (TPSA) is 211 Å². The predicted molar refractivity (Wildman–Crippen MR) is 222 cm³/mol. The molecule has 0 spiro atoms. The number of likely N-dealkylation sites (tertiary alicyclic amines) is 1. The number of carbonyl (C=O) groups excluding carboxylic acids is 2. The van der Waals surface area contributed by atoms with Gasteiger partial charge in [-0.25, -0.2) is 29.0 Å². The highest BCUT2D eigenvalue weighted by Crippen LogP contribution is 2.43. The first kappa shape index (κ1) is 39.4. The average Bonchev–Trinajstić information content (AvgIpc) is 3.81. The molecule has 4 N–H and O–H groups in total. The molecule has 3 aliphatic rings. The predicted octanol–water partition coefficient (Wildman–Crippen LogP) is 6.11. The lowest BCUT2D eigenvalue weighted by Crippen LogP contribution is -2.51. The van der Waals surface area contributed by atoms with Crippen molar-refractivity contribution in [2.75, 3.05) is 13.1 Å². The third-order valence-corrected chi connectivity index (χ3v) is 12.2. The Hall–Kier alpha value is -7.10. The number of H-pyrrole nitrogens is 1. The molecule has 9 rings (SSSR count). The number of benzene rings is 3. The van der Waals surface area contributed by atoms with Crippen LogP contribution in [0.5, 0.6) is 23.0 Å². The number of pyridine rings is 2. The number of nitrogens with one attached hydrogen (secondary N) is 1. The van der Waals surface area contributed by atoms with E-state index in [4.69, 9.17) is 19.2 Å². The zero-order valence-corrected chi connectivity index (χ0v) is 34.0. The van der Waals surface area contributed by atoms with Crippen molar-refractivity contribution in [1.82, 2.24) is 29.2 Å². The van der Waals surface area contributed by atoms with E-state index in [9.17, 15) is 34.5 Å². The van der Waals surface area contributed by atoms with Gasteiger partial charge in [0.05, 0.1) is 40.3 Å². The van der Waals surface area contributed by atoms with Gasteiger partial charge in [-0.2, -0.15) is 5.10 Å². The standard InChI is InChI=1S/C45H44N6O10/c1-5-28-30-17-25(52)9-12-35(30)46-39-32(28)21-50-36(39)19-34-33(41(50)55)22-59-42(56)45(34,6-2)61-44(58)49-15-13-27(14-16-49)60-26-10-7-24(8-11-26)51-40(47-48-43(51)57)31-18-29(23(3)4)37(53)20-38(31)54/h7-12,17-20,23,27,52-54H,5-6,13-16,21-22H2,1-4H3,(H,48,57)/t45-/m0/s1. The molecule has 1 saturated heterocycles. The minimum Gasteiger partial charge on any atom is -0.508 e. The summed E-state index contributed by atoms with van der Waals surface area (Å²) in [5, 5.41) is 38.6. The number of hydrogen-bond acceptors (Lipinski definition) is 12. The number of aromatic amines is 1. The number of esters is 1. The van der Waals surface area contributed by atoms with E-state index >= 15 is 0 Å². The number of aromatic nitrogens is 5. The van der Waals surface area contributed by atoms with Crippen molar-refractivity contribution in [1.29, 1.82) is 0 Å². The van der Waals surface area contributed by atoms with Gasteiger partial charge in [0.25, 0.3) is 5.56 Å². The van der Waals surface area contributed by atoms with E-state index in [-0.39, 0.29) is 84.4 Å². The molecule has 1 fully saturated rings. The zero-order chi connectivity index (χ0) is 42.9. The molecular weight excluding hydrogens is 785 g/mol. The number of cyclic esters (lactones) is 1. The molecule has 0 radical (unpaired) electrons. The molecule has 1 atom stereocenters. The number of hydrogen-bond donors (Lipinski definition) is 4. The molecular formula is C45H44N6O10. The summed E-state index contributed by atoms with van der Waals surface area (Å²) in [6.07, 6.45) is 0.627. The molecule has 3 aliphatic heterocycles. The summed E-state index contributed by atoms with van der Waals surface area (Å²) in [4.78, 5) is 61.0. The van der Waals surface area contributed by atoms with Crippen LogP contribution in [-0.4, -0.2) is 75.8 Å². The number of rotatable bonds is 8. The SMILES string of the molecule is CCc1c2c(nc3ccc(O)cc13)-c1cc3c(c(=O)n1C2)COC(=O)[C@@]3(CC)OC(=O)N1CCC(Oc2ccc(-n3c(-c4cc(C(C)C)c(O)cc4O)n[nH]c3=O)cc2)CC1. The maximum atomic E-state index is 14.1. The smallest absolute Gasteiger partial charge is 0.411 e. The molecule has 3 aromatic heterocycles. The van der Waals surface area contributed by atoms with E-state index in [0.717, 1.165) is 16.5 Å². The van der Waals surface area contributed by atoms with Crippen LogP contribution in [0.25, 0.3) is 39.4 Å². The van der Waals surface area contributed by atoms with E-state index in [0.29, 0.717) is 58.7 Å². The molecule has 0 saturated carbocycles. The fourth-order valence-electron chi connectivity index (χ4n) is 8.90. The lowest BCUT2D eigenvalue weighted by atomic mass is 9.85. The van der Waals surface area contributed by atoms with Gasteiger partial charge in [0, 0.05) is 48.5 Å². The van der Waals surface area contributed by atoms with Gasteiger partial charge in [0.2, 0.25) is 5.60 Å². The van der Waals surface area contributed by atoms with E-state index in [1.165, 1.54) is 15.5 Å². The molecule has 0 aliphatic carbocycles. The highest BCUT2D eigenvalue weighted by Gasteiger charge is 2.51. The van der Waals surface area contributed by atoms with Crippen LogP contribution in [0.4, 0.5) is 4.79 Å². The number of phenols is 3. The Bertz CT molecular complexity index is 2890. The van der Waals surface area contributed by atoms with Crippen LogP contribution >= 0.6 is 0 Å². The third kappa shape index (κ3) is 6.44. The largest absolute Gasteiger partial charge is 0.508 e. The van der Waals surface area contributed by atoms with Gasteiger partial charge in [0.1, 0.15) is 35.7 Å². The number of amides is 1. The molecule has 6 heterocycles. The summed E-state index contributed by atoms with van der Waals surface area (Å²) < 4.78 is 20.9. The van der Waals surface area contributed by atoms with Crippen LogP contribution in [-0.2, 0) is 39.4 Å². The van der Waals surface area contributed by atoms with Gasteiger partial charge in [-0.1, -0.05) is 27.7 Å². The van der Waals surface area contributed by atoms with Crippen LogP contribution in [0.1, 0.15) is 80.7 Å². The second-order valence-corrected chi connectivity index (χ2v) is 16.0. The average molecular weight is 829 g/mol. The van der Waals surface area contributed by atoms with Crippen molar-refractivity contribution >= 4 is 23.0 Å². The quantitative estimate of drug-likeness (QED) is 0.128. The van der Waals surface area contributed by atoms with Gasteiger partial charge in [-0.3, -0.25) is 4.79 Å². The van der Waals surface area contributed by atoms with Gasteiger partial charge >= 0.3 is 17.8 Å².